The Balaban J connectivity index is 1.62. The summed E-state index contributed by atoms with van der Waals surface area (Å²) in [7, 11) is 0. The van der Waals surface area contributed by atoms with Crippen molar-refractivity contribution in [3.8, 4) is 0 Å². The van der Waals surface area contributed by atoms with Gasteiger partial charge in [0.25, 0.3) is 0 Å². The van der Waals surface area contributed by atoms with Crippen LogP contribution in [0.5, 0.6) is 0 Å². The van der Waals surface area contributed by atoms with E-state index in [2.05, 4.69) is 13.8 Å². The molecule has 6 atom stereocenters. The summed E-state index contributed by atoms with van der Waals surface area (Å²) in [5.41, 5.74) is -0.919. The summed E-state index contributed by atoms with van der Waals surface area (Å²) < 4.78 is 6.12. The van der Waals surface area contributed by atoms with Gasteiger partial charge in [-0.2, -0.15) is 0 Å². The van der Waals surface area contributed by atoms with Crippen molar-refractivity contribution in [1.82, 2.24) is 0 Å². The number of carbonyl (C=O) groups is 4. The molecule has 0 bridgehead atoms. The zero-order chi connectivity index (χ0) is 23.1. The number of rotatable bonds is 7. The molecule has 3 fully saturated rings. The van der Waals surface area contributed by atoms with Crippen LogP contribution in [0.2, 0.25) is 0 Å². The molecule has 0 amide bonds. The van der Waals surface area contributed by atoms with Crippen LogP contribution in [0, 0.1) is 28.6 Å². The summed E-state index contributed by atoms with van der Waals surface area (Å²) in [6.07, 6.45) is 11.9. The number of hydrogen-bond acceptors (Lipinski definition) is 5. The van der Waals surface area contributed by atoms with Gasteiger partial charge in [-0.1, -0.05) is 32.3 Å². The first-order valence-corrected chi connectivity index (χ1v) is 12.7. The summed E-state index contributed by atoms with van der Waals surface area (Å²) in [4.78, 5) is 50.3. The van der Waals surface area contributed by atoms with Gasteiger partial charge in [0.1, 0.15) is 6.29 Å². The van der Waals surface area contributed by atoms with Gasteiger partial charge in [0.2, 0.25) is 0 Å². The number of unbranched alkanes of at least 4 members (excludes halogenated alkanes) is 2. The molecule has 0 heterocycles. The minimum absolute atomic E-state index is 0.0328. The molecule has 0 radical (unpaired) electrons. The topological polar surface area (TPSA) is 77.5 Å². The zero-order valence-corrected chi connectivity index (χ0v) is 19.9. The highest BCUT2D eigenvalue weighted by molar-refractivity contribution is 5.93. The highest BCUT2D eigenvalue weighted by Gasteiger charge is 2.68. The Morgan fingerprint density at radius 3 is 2.53 bits per heavy atom. The van der Waals surface area contributed by atoms with Crippen LogP contribution in [-0.4, -0.2) is 29.4 Å². The van der Waals surface area contributed by atoms with E-state index in [1.807, 2.05) is 0 Å². The summed E-state index contributed by atoms with van der Waals surface area (Å²) in [5, 5.41) is 0. The summed E-state index contributed by atoms with van der Waals surface area (Å²) in [5.74, 6) is 0.655. The number of ketones is 2. The Hall–Kier alpha value is -1.78. The number of ether oxygens (including phenoxy) is 1. The van der Waals surface area contributed by atoms with Gasteiger partial charge in [0.15, 0.2) is 17.2 Å². The number of hydrogen-bond donors (Lipinski definition) is 0. The molecule has 3 saturated carbocycles. The van der Waals surface area contributed by atoms with Crippen molar-refractivity contribution >= 4 is 23.8 Å². The van der Waals surface area contributed by atoms with Crippen LogP contribution in [0.1, 0.15) is 97.8 Å². The van der Waals surface area contributed by atoms with Crippen LogP contribution in [0.15, 0.2) is 11.6 Å². The molecule has 176 valence electrons. The van der Waals surface area contributed by atoms with Crippen molar-refractivity contribution < 1.29 is 23.9 Å². The maximum atomic E-state index is 13.1. The van der Waals surface area contributed by atoms with Gasteiger partial charge >= 0.3 is 5.97 Å². The average molecular weight is 443 g/mol. The molecular weight excluding hydrogens is 404 g/mol. The summed E-state index contributed by atoms with van der Waals surface area (Å²) in [6, 6.07) is 0. The molecule has 4 rings (SSSR count). The van der Waals surface area contributed by atoms with E-state index in [9.17, 15) is 19.2 Å². The van der Waals surface area contributed by atoms with Crippen LogP contribution in [-0.2, 0) is 23.9 Å². The molecule has 0 spiro atoms. The SMILES string of the molecule is CCCCCC(=O)O[C@]1(C(C)=O)CC[C@H]2[C@@H]3CCC4=CC(=O)CC[C@@]4(C=O)[C@H]3CC[C@@]21C. The Kier molecular flexibility index (Phi) is 6.23. The number of fused-ring (bicyclic) bond motifs is 5. The number of allylic oxidation sites excluding steroid dienone is 1. The Bertz CT molecular complexity index is 843. The number of Topliss-reactive ketones (excluding diaryl/α,β-unsaturated/α-hetero) is 1. The van der Waals surface area contributed by atoms with Crippen LogP contribution >= 0.6 is 0 Å². The van der Waals surface area contributed by atoms with E-state index < -0.39 is 16.4 Å². The van der Waals surface area contributed by atoms with E-state index in [0.29, 0.717) is 31.6 Å². The number of carbonyl (C=O) groups excluding carboxylic acids is 4. The third kappa shape index (κ3) is 3.33. The lowest BCUT2D eigenvalue weighted by Gasteiger charge is -2.58. The first kappa shape index (κ1) is 23.4. The summed E-state index contributed by atoms with van der Waals surface area (Å²) in [6.45, 7) is 5.84. The molecule has 32 heavy (non-hydrogen) atoms. The van der Waals surface area contributed by atoms with Gasteiger partial charge in [0.05, 0.1) is 5.41 Å². The molecule has 0 aromatic carbocycles. The number of aldehydes is 1. The molecule has 0 aliphatic heterocycles. The second-order valence-electron chi connectivity index (χ2n) is 11.0. The minimum Gasteiger partial charge on any atom is -0.450 e. The third-order valence-electron chi connectivity index (χ3n) is 9.74. The lowest BCUT2D eigenvalue weighted by atomic mass is 9.46. The maximum Gasteiger partial charge on any atom is 0.306 e. The van der Waals surface area contributed by atoms with Crippen molar-refractivity contribution in [2.24, 2.45) is 28.6 Å². The van der Waals surface area contributed by atoms with Crippen LogP contribution in [0.4, 0.5) is 0 Å². The van der Waals surface area contributed by atoms with Gasteiger partial charge in [-0.3, -0.25) is 14.4 Å². The fraction of sp³-hybridized carbons (Fsp3) is 0.778. The standard InChI is InChI=1S/C27H38O5/c1-4-5-6-7-24(31)32-27(18(2)29)15-12-22-21-9-8-19-16-20(30)10-14-26(19,17-28)23(21)11-13-25(22,27)3/h16-17,21-23H,4-15H2,1-3H3/t21-,22-,23-,25-,26-,27-/m0/s1. The van der Waals surface area contributed by atoms with E-state index >= 15 is 0 Å². The van der Waals surface area contributed by atoms with E-state index in [-0.39, 0.29) is 29.4 Å². The van der Waals surface area contributed by atoms with Crippen LogP contribution in [0.25, 0.3) is 0 Å². The molecule has 5 heteroatoms. The first-order valence-electron chi connectivity index (χ1n) is 12.7. The summed E-state index contributed by atoms with van der Waals surface area (Å²) >= 11 is 0. The van der Waals surface area contributed by atoms with Crippen LogP contribution < -0.4 is 0 Å². The lowest BCUT2D eigenvalue weighted by molar-refractivity contribution is -0.189. The second-order valence-corrected chi connectivity index (χ2v) is 11.0. The molecular formula is C27H38O5. The third-order valence-corrected chi connectivity index (χ3v) is 9.74. The van der Waals surface area contributed by atoms with Gasteiger partial charge in [-0.05, 0) is 82.1 Å². The maximum absolute atomic E-state index is 13.1. The molecule has 0 N–H and O–H groups in total. The fourth-order valence-electron chi connectivity index (χ4n) is 8.07. The number of esters is 1. The molecule has 5 nitrogen and oxygen atoms in total. The van der Waals surface area contributed by atoms with E-state index in [4.69, 9.17) is 4.74 Å². The van der Waals surface area contributed by atoms with Crippen molar-refractivity contribution in [3.05, 3.63) is 11.6 Å². The predicted octanol–water partition coefficient (Wildman–Crippen LogP) is 5.15. The van der Waals surface area contributed by atoms with E-state index in [1.54, 1.807) is 13.0 Å². The van der Waals surface area contributed by atoms with Crippen molar-refractivity contribution in [1.29, 1.82) is 0 Å². The Labute approximate surface area is 191 Å². The van der Waals surface area contributed by atoms with Gasteiger partial charge in [-0.25, -0.2) is 0 Å². The molecule has 0 unspecified atom stereocenters. The molecule has 4 aliphatic carbocycles. The highest BCUT2D eigenvalue weighted by atomic mass is 16.6. The first-order chi connectivity index (χ1) is 15.2. The predicted molar refractivity (Wildman–Crippen MR) is 121 cm³/mol. The van der Waals surface area contributed by atoms with E-state index in [1.165, 1.54) is 0 Å². The molecule has 0 saturated heterocycles. The smallest absolute Gasteiger partial charge is 0.306 e. The second kappa shape index (κ2) is 8.53. The fourth-order valence-corrected chi connectivity index (χ4v) is 8.07. The van der Waals surface area contributed by atoms with Gasteiger partial charge in [-0.15, -0.1) is 0 Å². The highest BCUT2D eigenvalue weighted by Crippen LogP contribution is 2.68. The zero-order valence-electron chi connectivity index (χ0n) is 19.9. The average Bonchev–Trinajstić information content (AvgIpc) is 3.07. The molecule has 4 aliphatic rings. The normalized spacial score (nSPS) is 40.5. The largest absolute Gasteiger partial charge is 0.450 e. The van der Waals surface area contributed by atoms with Gasteiger partial charge in [0, 0.05) is 18.3 Å². The quantitative estimate of drug-likeness (QED) is 0.310. The van der Waals surface area contributed by atoms with Gasteiger partial charge < -0.3 is 9.53 Å². The van der Waals surface area contributed by atoms with Crippen LogP contribution in [0.3, 0.4) is 0 Å². The monoisotopic (exact) mass is 442 g/mol. The van der Waals surface area contributed by atoms with Crippen molar-refractivity contribution in [2.75, 3.05) is 0 Å². The van der Waals surface area contributed by atoms with E-state index in [0.717, 1.165) is 63.2 Å². The lowest BCUT2D eigenvalue weighted by Crippen LogP contribution is -2.59. The van der Waals surface area contributed by atoms with Crippen molar-refractivity contribution in [2.45, 2.75) is 103 Å². The Morgan fingerprint density at radius 2 is 1.84 bits per heavy atom. The minimum atomic E-state index is -1.04. The Morgan fingerprint density at radius 1 is 1.09 bits per heavy atom. The molecule has 0 aromatic rings. The molecule has 0 aromatic heterocycles. The van der Waals surface area contributed by atoms with Crippen molar-refractivity contribution in [3.63, 3.8) is 0 Å².